The van der Waals surface area contributed by atoms with Crippen LogP contribution in [0.25, 0.3) is 11.2 Å². The highest BCUT2D eigenvalue weighted by Crippen LogP contribution is 2.36. The summed E-state index contributed by atoms with van der Waals surface area (Å²) in [6.07, 6.45) is 1.70. The Morgan fingerprint density at radius 3 is 2.32 bits per heavy atom. The SMILES string of the molecule is CC(C)OC(=O)[C@H](C)NP(=O)(O)CO[C@H](C)Cn1cnc2c(N)ncnc21.CCN(CC)CC. The molecule has 0 fully saturated rings. The van der Waals surface area contributed by atoms with Crippen LogP contribution in [0, 0.1) is 0 Å². The van der Waals surface area contributed by atoms with Crippen molar-refractivity contribution in [3.8, 4) is 0 Å². The van der Waals surface area contributed by atoms with E-state index in [0.29, 0.717) is 17.7 Å². The van der Waals surface area contributed by atoms with Crippen LogP contribution in [0.4, 0.5) is 5.82 Å². The first-order valence-electron chi connectivity index (χ1n) is 11.5. The number of rotatable bonds is 12. The highest BCUT2D eigenvalue weighted by molar-refractivity contribution is 7.55. The number of imidazole rings is 1. The fourth-order valence-corrected chi connectivity index (χ4v) is 4.23. The molecule has 0 radical (unpaired) electrons. The molecule has 0 aliphatic carbocycles. The van der Waals surface area contributed by atoms with Gasteiger partial charge in [-0.1, -0.05) is 20.8 Å². The van der Waals surface area contributed by atoms with Gasteiger partial charge in [0, 0.05) is 0 Å². The van der Waals surface area contributed by atoms with Gasteiger partial charge in [-0.15, -0.1) is 0 Å². The van der Waals surface area contributed by atoms with Gasteiger partial charge in [0.05, 0.1) is 25.1 Å². The van der Waals surface area contributed by atoms with E-state index in [9.17, 15) is 14.3 Å². The molecule has 3 atom stereocenters. The van der Waals surface area contributed by atoms with E-state index in [-0.39, 0.29) is 11.9 Å². The number of hydrogen-bond donors (Lipinski definition) is 3. The van der Waals surface area contributed by atoms with Crippen LogP contribution in [0.1, 0.15) is 48.5 Å². The fourth-order valence-electron chi connectivity index (χ4n) is 2.99. The first kappa shape index (κ1) is 29.9. The maximum absolute atomic E-state index is 12.2. The van der Waals surface area contributed by atoms with Gasteiger partial charge in [0.1, 0.15) is 24.2 Å². The Morgan fingerprint density at radius 2 is 1.79 bits per heavy atom. The van der Waals surface area contributed by atoms with Crippen molar-refractivity contribution in [1.82, 2.24) is 29.5 Å². The van der Waals surface area contributed by atoms with E-state index in [1.54, 1.807) is 31.7 Å². The van der Waals surface area contributed by atoms with E-state index in [1.165, 1.54) is 32.9 Å². The summed E-state index contributed by atoms with van der Waals surface area (Å²) in [6, 6.07) is -0.931. The summed E-state index contributed by atoms with van der Waals surface area (Å²) in [5.74, 6) is -0.326. The van der Waals surface area contributed by atoms with E-state index < -0.39 is 32.0 Å². The fraction of sp³-hybridized carbons (Fsp3) is 0.714. The van der Waals surface area contributed by atoms with E-state index >= 15 is 0 Å². The minimum absolute atomic E-state index is 0.277. The van der Waals surface area contributed by atoms with Crippen molar-refractivity contribution in [2.75, 3.05) is 31.7 Å². The van der Waals surface area contributed by atoms with Gasteiger partial charge in [0.15, 0.2) is 11.5 Å². The second-order valence-corrected chi connectivity index (χ2v) is 10.0. The average Bonchev–Trinajstić information content (AvgIpc) is 3.17. The van der Waals surface area contributed by atoms with Gasteiger partial charge in [0.25, 0.3) is 7.52 Å². The number of aromatic nitrogens is 4. The number of anilines is 1. The van der Waals surface area contributed by atoms with Gasteiger partial charge in [-0.05, 0) is 47.3 Å². The molecule has 0 amide bonds. The summed E-state index contributed by atoms with van der Waals surface area (Å²) in [4.78, 5) is 36.3. The van der Waals surface area contributed by atoms with Crippen LogP contribution in [0.3, 0.4) is 0 Å². The number of nitrogen functional groups attached to an aromatic ring is 1. The topological polar surface area (TPSA) is 158 Å². The van der Waals surface area contributed by atoms with Crippen LogP contribution in [0.15, 0.2) is 12.7 Å². The van der Waals surface area contributed by atoms with Crippen molar-refractivity contribution in [2.24, 2.45) is 0 Å². The molecule has 0 aliphatic rings. The van der Waals surface area contributed by atoms with E-state index in [0.717, 1.165) is 0 Å². The number of ether oxygens (including phenoxy) is 2. The summed E-state index contributed by atoms with van der Waals surface area (Å²) in [6.45, 7) is 17.1. The maximum Gasteiger partial charge on any atom is 0.323 e. The summed E-state index contributed by atoms with van der Waals surface area (Å²) in [5, 5.41) is 2.37. The van der Waals surface area contributed by atoms with E-state index in [2.05, 4.69) is 45.7 Å². The Hall–Kier alpha value is -2.11. The predicted octanol–water partition coefficient (Wildman–Crippen LogP) is 2.23. The lowest BCUT2D eigenvalue weighted by molar-refractivity contribution is -0.149. The molecular weight excluding hydrogens is 461 g/mol. The summed E-state index contributed by atoms with van der Waals surface area (Å²) >= 11 is 0. The third-order valence-corrected chi connectivity index (χ3v) is 6.15. The first-order valence-corrected chi connectivity index (χ1v) is 13.3. The lowest BCUT2D eigenvalue weighted by Gasteiger charge is -2.21. The normalized spacial score (nSPS) is 15.0. The molecule has 0 spiro atoms. The molecule has 13 heteroatoms. The van der Waals surface area contributed by atoms with Crippen LogP contribution in [-0.4, -0.2) is 79.5 Å². The van der Waals surface area contributed by atoms with Crippen LogP contribution in [0.5, 0.6) is 0 Å². The lowest BCUT2D eigenvalue weighted by atomic mass is 10.4. The zero-order chi connectivity index (χ0) is 25.9. The molecule has 4 N–H and O–H groups in total. The standard InChI is InChI=1S/C15H25N6O5P.C6H15N/c1-9(2)26-15(22)11(4)20-27(23,24)8-25-10(3)5-21-7-19-12-13(16)17-6-18-14(12)21;1-4-7(5-2)6-3/h6-7,9-11H,5,8H2,1-4H3,(H2,16,17,18)(H2,20,23,24);4-6H2,1-3H3/t10-,11+;/m1./s1. The van der Waals surface area contributed by atoms with Gasteiger partial charge in [-0.3, -0.25) is 9.36 Å². The summed E-state index contributed by atoms with van der Waals surface area (Å²) in [5.41, 5.74) is 6.78. The number of carbonyl (C=O) groups is 1. The van der Waals surface area contributed by atoms with Crippen molar-refractivity contribution >= 4 is 30.5 Å². The van der Waals surface area contributed by atoms with Crippen LogP contribution in [0.2, 0.25) is 0 Å². The minimum atomic E-state index is -3.89. The Morgan fingerprint density at radius 1 is 1.18 bits per heavy atom. The molecule has 1 unspecified atom stereocenters. The average molecular weight is 502 g/mol. The highest BCUT2D eigenvalue weighted by Gasteiger charge is 2.27. The molecule has 0 aromatic carbocycles. The number of nitrogens with zero attached hydrogens (tertiary/aromatic N) is 5. The second kappa shape index (κ2) is 14.3. The largest absolute Gasteiger partial charge is 0.462 e. The van der Waals surface area contributed by atoms with Gasteiger partial charge in [0.2, 0.25) is 0 Å². The Bertz CT molecular complexity index is 930. The smallest absolute Gasteiger partial charge is 0.323 e. The summed E-state index contributed by atoms with van der Waals surface area (Å²) < 4.78 is 24.4. The van der Waals surface area contributed by atoms with Crippen molar-refractivity contribution < 1.29 is 23.7 Å². The molecular formula is C21H40N7O5P. The molecule has 2 heterocycles. The molecule has 194 valence electrons. The number of carbonyl (C=O) groups excluding carboxylic acids is 1. The van der Waals surface area contributed by atoms with Crippen molar-refractivity contribution in [1.29, 1.82) is 0 Å². The van der Waals surface area contributed by atoms with Gasteiger partial charge in [-0.2, -0.15) is 0 Å². The maximum atomic E-state index is 12.2. The Labute approximate surface area is 201 Å². The van der Waals surface area contributed by atoms with Crippen LogP contribution in [-0.2, 0) is 25.4 Å². The van der Waals surface area contributed by atoms with E-state index in [1.807, 2.05) is 0 Å². The molecule has 2 rings (SSSR count). The number of hydrogen-bond acceptors (Lipinski definition) is 9. The molecule has 34 heavy (non-hydrogen) atoms. The minimum Gasteiger partial charge on any atom is -0.462 e. The summed E-state index contributed by atoms with van der Waals surface area (Å²) in [7, 11) is -3.89. The van der Waals surface area contributed by atoms with Crippen LogP contribution >= 0.6 is 7.52 Å². The van der Waals surface area contributed by atoms with Gasteiger partial charge < -0.3 is 29.6 Å². The number of fused-ring (bicyclic) bond motifs is 1. The molecule has 0 aliphatic heterocycles. The monoisotopic (exact) mass is 501 g/mol. The molecule has 12 nitrogen and oxygen atoms in total. The zero-order valence-corrected chi connectivity index (χ0v) is 22.2. The van der Waals surface area contributed by atoms with Gasteiger partial charge in [-0.25, -0.2) is 20.0 Å². The Balaban J connectivity index is 0.000000718. The second-order valence-electron chi connectivity index (χ2n) is 8.09. The molecule has 2 aromatic heterocycles. The Kier molecular flexibility index (Phi) is 12.6. The first-order chi connectivity index (χ1) is 15.9. The predicted molar refractivity (Wildman–Crippen MR) is 132 cm³/mol. The molecule has 2 aromatic rings. The number of nitrogens with two attached hydrogens (primary N) is 1. The van der Waals surface area contributed by atoms with E-state index in [4.69, 9.17) is 15.2 Å². The highest BCUT2D eigenvalue weighted by atomic mass is 31.2. The van der Waals surface area contributed by atoms with Gasteiger partial charge >= 0.3 is 5.97 Å². The van der Waals surface area contributed by atoms with Crippen LogP contribution < -0.4 is 10.8 Å². The number of nitrogens with one attached hydrogen (secondary N) is 1. The quantitative estimate of drug-likeness (QED) is 0.289. The molecule has 0 saturated heterocycles. The lowest BCUT2D eigenvalue weighted by Crippen LogP contribution is -2.35. The van der Waals surface area contributed by atoms with Crippen molar-refractivity contribution in [3.63, 3.8) is 0 Å². The molecule has 0 saturated carbocycles. The third kappa shape index (κ3) is 10.0. The van der Waals surface area contributed by atoms with Crippen molar-refractivity contribution in [2.45, 2.75) is 73.3 Å². The zero-order valence-electron chi connectivity index (χ0n) is 21.3. The van der Waals surface area contributed by atoms with Crippen molar-refractivity contribution in [3.05, 3.63) is 12.7 Å². The number of esters is 1. The molecule has 0 bridgehead atoms. The third-order valence-electron chi connectivity index (χ3n) is 4.86.